The van der Waals surface area contributed by atoms with Crippen molar-refractivity contribution in [3.05, 3.63) is 22.4 Å². The first-order valence-electron chi connectivity index (χ1n) is 8.61. The molecule has 0 radical (unpaired) electrons. The van der Waals surface area contributed by atoms with Gasteiger partial charge in [0.05, 0.1) is 5.69 Å². The zero-order chi connectivity index (χ0) is 16.6. The molecule has 0 aliphatic heterocycles. The molecule has 0 amide bonds. The lowest BCUT2D eigenvalue weighted by Crippen LogP contribution is -2.29. The fourth-order valence-corrected chi connectivity index (χ4v) is 3.34. The molecule has 6 nitrogen and oxygen atoms in total. The Labute approximate surface area is 136 Å². The first-order chi connectivity index (χ1) is 10.9. The zero-order valence-corrected chi connectivity index (χ0v) is 14.5. The van der Waals surface area contributed by atoms with E-state index >= 15 is 0 Å². The summed E-state index contributed by atoms with van der Waals surface area (Å²) < 4.78 is 1.56. The number of hydrogen-bond donors (Lipinski definition) is 2. The Balaban J connectivity index is 1.96. The van der Waals surface area contributed by atoms with Crippen molar-refractivity contribution in [1.82, 2.24) is 19.6 Å². The predicted molar refractivity (Wildman–Crippen MR) is 92.0 cm³/mol. The van der Waals surface area contributed by atoms with Crippen LogP contribution in [0.5, 0.6) is 0 Å². The molecule has 126 valence electrons. The SMILES string of the molecule is C[C@@H](Nc1nc(C(C)(C)C)cn2c(=O)[nH]nc12)C1CCCCC1. The maximum absolute atomic E-state index is 12.0. The Morgan fingerprint density at radius 1 is 1.30 bits per heavy atom. The Morgan fingerprint density at radius 3 is 2.65 bits per heavy atom. The summed E-state index contributed by atoms with van der Waals surface area (Å²) in [5.74, 6) is 1.36. The van der Waals surface area contributed by atoms with E-state index in [9.17, 15) is 4.79 Å². The summed E-state index contributed by atoms with van der Waals surface area (Å²) in [6.07, 6.45) is 8.28. The quantitative estimate of drug-likeness (QED) is 0.912. The molecule has 2 N–H and O–H groups in total. The average Bonchev–Trinajstić information content (AvgIpc) is 2.89. The smallest absolute Gasteiger partial charge is 0.347 e. The van der Waals surface area contributed by atoms with E-state index in [0.717, 1.165) is 5.69 Å². The van der Waals surface area contributed by atoms with Crippen LogP contribution in [0.1, 0.15) is 65.5 Å². The highest BCUT2D eigenvalue weighted by Gasteiger charge is 2.24. The number of anilines is 1. The van der Waals surface area contributed by atoms with Crippen molar-refractivity contribution in [3.8, 4) is 0 Å². The highest BCUT2D eigenvalue weighted by atomic mass is 16.1. The van der Waals surface area contributed by atoms with Crippen LogP contribution in [0, 0.1) is 5.92 Å². The van der Waals surface area contributed by atoms with E-state index < -0.39 is 0 Å². The molecule has 1 saturated carbocycles. The Hall–Kier alpha value is -1.85. The summed E-state index contributed by atoms with van der Waals surface area (Å²) in [5, 5.41) is 10.2. The normalized spacial score (nSPS) is 18.3. The van der Waals surface area contributed by atoms with Crippen molar-refractivity contribution in [2.75, 3.05) is 5.32 Å². The van der Waals surface area contributed by atoms with Crippen LogP contribution in [-0.2, 0) is 5.41 Å². The molecular weight excluding hydrogens is 290 g/mol. The topological polar surface area (TPSA) is 75.1 Å². The summed E-state index contributed by atoms with van der Waals surface area (Å²) in [6.45, 7) is 8.50. The van der Waals surface area contributed by atoms with Gasteiger partial charge in [-0.1, -0.05) is 40.0 Å². The fourth-order valence-electron chi connectivity index (χ4n) is 3.34. The Morgan fingerprint density at radius 2 is 2.00 bits per heavy atom. The summed E-state index contributed by atoms with van der Waals surface area (Å²) >= 11 is 0. The molecule has 23 heavy (non-hydrogen) atoms. The van der Waals surface area contributed by atoms with Gasteiger partial charge in [0, 0.05) is 17.7 Å². The van der Waals surface area contributed by atoms with E-state index in [1.165, 1.54) is 32.1 Å². The Kier molecular flexibility index (Phi) is 4.17. The summed E-state index contributed by atoms with van der Waals surface area (Å²) in [6, 6.07) is 0.327. The van der Waals surface area contributed by atoms with Crippen molar-refractivity contribution < 1.29 is 0 Å². The molecular formula is C17H27N5O. The number of rotatable bonds is 3. The second kappa shape index (κ2) is 5.98. The average molecular weight is 317 g/mol. The van der Waals surface area contributed by atoms with E-state index in [4.69, 9.17) is 4.98 Å². The maximum atomic E-state index is 12.0. The molecule has 6 heteroatoms. The first kappa shape index (κ1) is 16.0. The van der Waals surface area contributed by atoms with Gasteiger partial charge in [0.2, 0.25) is 5.65 Å². The highest BCUT2D eigenvalue weighted by molar-refractivity contribution is 5.62. The number of aromatic nitrogens is 4. The zero-order valence-electron chi connectivity index (χ0n) is 14.5. The fraction of sp³-hybridized carbons (Fsp3) is 0.706. The number of nitrogens with one attached hydrogen (secondary N) is 2. The van der Waals surface area contributed by atoms with Crippen LogP contribution in [0.25, 0.3) is 5.65 Å². The van der Waals surface area contributed by atoms with Crippen molar-refractivity contribution in [1.29, 1.82) is 0 Å². The van der Waals surface area contributed by atoms with Gasteiger partial charge in [0.15, 0.2) is 5.82 Å². The predicted octanol–water partition coefficient (Wildman–Crippen LogP) is 3.10. The summed E-state index contributed by atoms with van der Waals surface area (Å²) in [4.78, 5) is 16.8. The molecule has 0 bridgehead atoms. The minimum Gasteiger partial charge on any atom is -0.364 e. The van der Waals surface area contributed by atoms with Gasteiger partial charge in [-0.25, -0.2) is 19.3 Å². The minimum absolute atomic E-state index is 0.130. The molecule has 0 aromatic carbocycles. The monoisotopic (exact) mass is 317 g/mol. The van der Waals surface area contributed by atoms with Crippen LogP contribution in [0.4, 0.5) is 5.82 Å². The second-order valence-electron chi connectivity index (χ2n) is 7.78. The van der Waals surface area contributed by atoms with Crippen molar-refractivity contribution in [2.24, 2.45) is 5.92 Å². The molecule has 1 atom stereocenters. The molecule has 1 aliphatic carbocycles. The van der Waals surface area contributed by atoms with E-state index in [1.54, 1.807) is 10.6 Å². The first-order valence-corrected chi connectivity index (χ1v) is 8.61. The molecule has 0 saturated heterocycles. The van der Waals surface area contributed by atoms with Crippen LogP contribution in [-0.4, -0.2) is 25.6 Å². The Bertz CT molecular complexity index is 734. The summed E-state index contributed by atoms with van der Waals surface area (Å²) in [5.41, 5.74) is 1.11. The van der Waals surface area contributed by atoms with E-state index in [2.05, 4.69) is 43.2 Å². The van der Waals surface area contributed by atoms with E-state index in [0.29, 0.717) is 23.4 Å². The highest BCUT2D eigenvalue weighted by Crippen LogP contribution is 2.29. The van der Waals surface area contributed by atoms with Crippen LogP contribution < -0.4 is 11.0 Å². The van der Waals surface area contributed by atoms with Crippen LogP contribution in [0.3, 0.4) is 0 Å². The third-order valence-corrected chi connectivity index (χ3v) is 4.89. The second-order valence-corrected chi connectivity index (χ2v) is 7.78. The lowest BCUT2D eigenvalue weighted by molar-refractivity contribution is 0.328. The number of hydrogen-bond acceptors (Lipinski definition) is 4. The third-order valence-electron chi connectivity index (χ3n) is 4.89. The molecule has 2 aromatic heterocycles. The number of aromatic amines is 1. The molecule has 2 aromatic rings. The van der Waals surface area contributed by atoms with Crippen molar-refractivity contribution in [3.63, 3.8) is 0 Å². The molecule has 0 spiro atoms. The summed E-state index contributed by atoms with van der Waals surface area (Å²) in [7, 11) is 0. The van der Waals surface area contributed by atoms with Crippen molar-refractivity contribution in [2.45, 2.75) is 71.3 Å². The van der Waals surface area contributed by atoms with Crippen LogP contribution >= 0.6 is 0 Å². The third kappa shape index (κ3) is 3.26. The van der Waals surface area contributed by atoms with Gasteiger partial charge >= 0.3 is 5.69 Å². The number of fused-ring (bicyclic) bond motifs is 1. The van der Waals surface area contributed by atoms with Crippen LogP contribution in [0.2, 0.25) is 0 Å². The van der Waals surface area contributed by atoms with E-state index in [1.807, 2.05) is 0 Å². The van der Waals surface area contributed by atoms with Crippen molar-refractivity contribution >= 4 is 11.5 Å². The lowest BCUT2D eigenvalue weighted by atomic mass is 9.84. The molecule has 2 heterocycles. The van der Waals surface area contributed by atoms with Crippen LogP contribution in [0.15, 0.2) is 11.0 Å². The minimum atomic E-state index is -0.221. The maximum Gasteiger partial charge on any atom is 0.347 e. The molecule has 0 unspecified atom stereocenters. The largest absolute Gasteiger partial charge is 0.364 e. The standard InChI is InChI=1S/C17H27N5O/c1-11(12-8-6-5-7-9-12)18-14-15-20-21-16(23)22(15)10-13(19-14)17(2,3)4/h10-12H,5-9H2,1-4H3,(H,18,19)(H,21,23)/t11-/m1/s1. The lowest BCUT2D eigenvalue weighted by Gasteiger charge is -2.29. The van der Waals surface area contributed by atoms with Gasteiger partial charge in [-0.2, -0.15) is 0 Å². The number of H-pyrrole nitrogens is 1. The van der Waals surface area contributed by atoms with Gasteiger partial charge in [0.1, 0.15) is 0 Å². The van der Waals surface area contributed by atoms with E-state index in [-0.39, 0.29) is 11.1 Å². The van der Waals surface area contributed by atoms with Gasteiger partial charge in [-0.05, 0) is 25.7 Å². The molecule has 1 fully saturated rings. The number of nitrogens with zero attached hydrogens (tertiary/aromatic N) is 3. The molecule has 1 aliphatic rings. The van der Waals surface area contributed by atoms with Gasteiger partial charge < -0.3 is 5.32 Å². The van der Waals surface area contributed by atoms with Gasteiger partial charge in [0.25, 0.3) is 0 Å². The van der Waals surface area contributed by atoms with Gasteiger partial charge in [-0.15, -0.1) is 5.10 Å². The van der Waals surface area contributed by atoms with Gasteiger partial charge in [-0.3, -0.25) is 0 Å². The molecule has 3 rings (SSSR count).